The first-order valence-corrected chi connectivity index (χ1v) is 5.85. The van der Waals surface area contributed by atoms with E-state index in [9.17, 15) is 13.2 Å². The lowest BCUT2D eigenvalue weighted by Gasteiger charge is -2.26. The van der Waals surface area contributed by atoms with Crippen molar-refractivity contribution < 1.29 is 17.9 Å². The minimum absolute atomic E-state index is 0.0119. The van der Waals surface area contributed by atoms with Crippen molar-refractivity contribution >= 4 is 5.69 Å². The first-order valence-electron chi connectivity index (χ1n) is 5.85. The highest BCUT2D eigenvalue weighted by atomic mass is 19.2. The number of benzene rings is 1. The third-order valence-electron chi connectivity index (χ3n) is 2.86. The van der Waals surface area contributed by atoms with Gasteiger partial charge in [0, 0.05) is 38.3 Å². The predicted octanol–water partition coefficient (Wildman–Crippen LogP) is 1.85. The van der Waals surface area contributed by atoms with Gasteiger partial charge in [0.1, 0.15) is 5.82 Å². The van der Waals surface area contributed by atoms with E-state index in [0.717, 1.165) is 19.2 Å². The minimum atomic E-state index is -1.17. The monoisotopic (exact) mass is 260 g/mol. The fourth-order valence-corrected chi connectivity index (χ4v) is 1.83. The van der Waals surface area contributed by atoms with Crippen molar-refractivity contribution in [2.75, 3.05) is 44.7 Å². The van der Waals surface area contributed by atoms with Gasteiger partial charge < -0.3 is 10.1 Å². The van der Waals surface area contributed by atoms with E-state index in [1.165, 1.54) is 0 Å². The summed E-state index contributed by atoms with van der Waals surface area (Å²) in [7, 11) is 0. The highest BCUT2D eigenvalue weighted by molar-refractivity contribution is 5.45. The van der Waals surface area contributed by atoms with Crippen molar-refractivity contribution in [3.8, 4) is 0 Å². The summed E-state index contributed by atoms with van der Waals surface area (Å²) in [6, 6.07) is 1.39. The Hall–Kier alpha value is -1.27. The van der Waals surface area contributed by atoms with E-state index >= 15 is 0 Å². The van der Waals surface area contributed by atoms with Gasteiger partial charge in [0.2, 0.25) is 0 Å². The third-order valence-corrected chi connectivity index (χ3v) is 2.86. The molecular formula is C12H15F3N2O. The predicted molar refractivity (Wildman–Crippen MR) is 62.1 cm³/mol. The summed E-state index contributed by atoms with van der Waals surface area (Å²) in [4.78, 5) is 2.16. The van der Waals surface area contributed by atoms with Crippen molar-refractivity contribution in [1.29, 1.82) is 0 Å². The fraction of sp³-hybridized carbons (Fsp3) is 0.500. The second-order valence-electron chi connectivity index (χ2n) is 4.13. The first-order chi connectivity index (χ1) is 8.66. The van der Waals surface area contributed by atoms with Crippen LogP contribution < -0.4 is 5.32 Å². The van der Waals surface area contributed by atoms with Crippen molar-refractivity contribution in [3.05, 3.63) is 29.6 Å². The zero-order valence-electron chi connectivity index (χ0n) is 9.89. The number of anilines is 1. The maximum absolute atomic E-state index is 13.3. The normalized spacial score (nSPS) is 16.8. The molecule has 1 aliphatic rings. The highest BCUT2D eigenvalue weighted by Crippen LogP contribution is 2.18. The second-order valence-corrected chi connectivity index (χ2v) is 4.13. The quantitative estimate of drug-likeness (QED) is 0.836. The summed E-state index contributed by atoms with van der Waals surface area (Å²) in [5, 5.41) is 2.76. The van der Waals surface area contributed by atoms with Gasteiger partial charge in [0.25, 0.3) is 0 Å². The molecule has 1 fully saturated rings. The molecule has 0 atom stereocenters. The maximum Gasteiger partial charge on any atom is 0.161 e. The summed E-state index contributed by atoms with van der Waals surface area (Å²) in [5.74, 6) is -3.01. The van der Waals surface area contributed by atoms with Crippen molar-refractivity contribution in [3.63, 3.8) is 0 Å². The standard InChI is InChI=1S/C12H15F3N2O/c13-9-7-11(15)12(8-10(9)14)16-1-2-17-3-5-18-6-4-17/h7-8,16H,1-6H2. The van der Waals surface area contributed by atoms with Gasteiger partial charge >= 0.3 is 0 Å². The molecule has 18 heavy (non-hydrogen) atoms. The van der Waals surface area contributed by atoms with E-state index in [0.29, 0.717) is 32.4 Å². The minimum Gasteiger partial charge on any atom is -0.381 e. The van der Waals surface area contributed by atoms with Crippen LogP contribution in [0.5, 0.6) is 0 Å². The Bertz CT molecular complexity index is 409. The van der Waals surface area contributed by atoms with Crippen molar-refractivity contribution in [2.24, 2.45) is 0 Å². The van der Waals surface area contributed by atoms with Crippen LogP contribution in [0, 0.1) is 17.5 Å². The molecule has 1 aromatic carbocycles. The number of halogens is 3. The zero-order valence-corrected chi connectivity index (χ0v) is 9.89. The van der Waals surface area contributed by atoms with Crippen LogP contribution in [0.2, 0.25) is 0 Å². The van der Waals surface area contributed by atoms with Gasteiger partial charge in [-0.1, -0.05) is 0 Å². The summed E-state index contributed by atoms with van der Waals surface area (Å²) < 4.78 is 44.1. The first kappa shape index (κ1) is 13.2. The Kier molecular flexibility index (Phi) is 4.43. The molecule has 0 aromatic heterocycles. The number of hydrogen-bond donors (Lipinski definition) is 1. The number of rotatable bonds is 4. The summed E-state index contributed by atoms with van der Waals surface area (Å²) in [5.41, 5.74) is -0.0119. The molecule has 3 nitrogen and oxygen atoms in total. The molecule has 0 aliphatic carbocycles. The van der Waals surface area contributed by atoms with E-state index in [1.807, 2.05) is 0 Å². The van der Waals surface area contributed by atoms with E-state index in [-0.39, 0.29) is 5.69 Å². The van der Waals surface area contributed by atoms with Crippen LogP contribution in [-0.4, -0.2) is 44.3 Å². The molecule has 1 aromatic rings. The van der Waals surface area contributed by atoms with Crippen LogP contribution in [0.3, 0.4) is 0 Å². The number of ether oxygens (including phenoxy) is 1. The highest BCUT2D eigenvalue weighted by Gasteiger charge is 2.11. The summed E-state index contributed by atoms with van der Waals surface area (Å²) >= 11 is 0. The molecule has 0 saturated carbocycles. The molecule has 6 heteroatoms. The van der Waals surface area contributed by atoms with Crippen molar-refractivity contribution in [1.82, 2.24) is 4.90 Å². The Morgan fingerprint density at radius 3 is 2.44 bits per heavy atom. The van der Waals surface area contributed by atoms with Crippen LogP contribution in [0.1, 0.15) is 0 Å². The largest absolute Gasteiger partial charge is 0.381 e. The van der Waals surface area contributed by atoms with Crippen LogP contribution >= 0.6 is 0 Å². The number of morpholine rings is 1. The number of nitrogens with zero attached hydrogens (tertiary/aromatic N) is 1. The molecule has 0 amide bonds. The molecular weight excluding hydrogens is 245 g/mol. The van der Waals surface area contributed by atoms with Crippen LogP contribution in [0.25, 0.3) is 0 Å². The smallest absolute Gasteiger partial charge is 0.161 e. The maximum atomic E-state index is 13.3. The van der Waals surface area contributed by atoms with Crippen LogP contribution in [0.4, 0.5) is 18.9 Å². The van der Waals surface area contributed by atoms with Gasteiger partial charge in [-0.15, -0.1) is 0 Å². The number of hydrogen-bond acceptors (Lipinski definition) is 3. The van der Waals surface area contributed by atoms with E-state index in [4.69, 9.17) is 4.74 Å². The van der Waals surface area contributed by atoms with Crippen LogP contribution in [-0.2, 0) is 4.74 Å². The average molecular weight is 260 g/mol. The Morgan fingerprint density at radius 1 is 1.06 bits per heavy atom. The lowest BCUT2D eigenvalue weighted by atomic mass is 10.3. The molecule has 1 heterocycles. The summed E-state index contributed by atoms with van der Waals surface area (Å²) in [6.07, 6.45) is 0. The van der Waals surface area contributed by atoms with Gasteiger partial charge in [-0.2, -0.15) is 0 Å². The Labute approximate surface area is 104 Å². The topological polar surface area (TPSA) is 24.5 Å². The molecule has 1 saturated heterocycles. The van der Waals surface area contributed by atoms with E-state index < -0.39 is 17.5 Å². The van der Waals surface area contributed by atoms with Gasteiger partial charge in [-0.05, 0) is 0 Å². The SMILES string of the molecule is Fc1cc(F)c(NCCN2CCOCC2)cc1F. The molecule has 2 rings (SSSR count). The van der Waals surface area contributed by atoms with E-state index in [1.54, 1.807) is 0 Å². The van der Waals surface area contributed by atoms with Gasteiger partial charge in [0.05, 0.1) is 18.9 Å². The summed E-state index contributed by atoms with van der Waals surface area (Å²) in [6.45, 7) is 4.24. The lowest BCUT2D eigenvalue weighted by Crippen LogP contribution is -2.39. The van der Waals surface area contributed by atoms with Gasteiger partial charge in [-0.3, -0.25) is 4.90 Å². The van der Waals surface area contributed by atoms with E-state index in [2.05, 4.69) is 10.2 Å². The molecule has 1 aliphatic heterocycles. The second kappa shape index (κ2) is 6.06. The van der Waals surface area contributed by atoms with Gasteiger partial charge in [0.15, 0.2) is 11.6 Å². The number of nitrogens with one attached hydrogen (secondary N) is 1. The Balaban J connectivity index is 1.84. The van der Waals surface area contributed by atoms with Crippen molar-refractivity contribution in [2.45, 2.75) is 0 Å². The molecule has 1 N–H and O–H groups in total. The molecule has 0 spiro atoms. The molecule has 0 unspecified atom stereocenters. The zero-order chi connectivity index (χ0) is 13.0. The molecule has 100 valence electrons. The average Bonchev–Trinajstić information content (AvgIpc) is 2.37. The third kappa shape index (κ3) is 3.36. The lowest BCUT2D eigenvalue weighted by molar-refractivity contribution is 0.0398. The van der Waals surface area contributed by atoms with Gasteiger partial charge in [-0.25, -0.2) is 13.2 Å². The fourth-order valence-electron chi connectivity index (χ4n) is 1.83. The molecule has 0 bridgehead atoms. The van der Waals surface area contributed by atoms with Crippen LogP contribution in [0.15, 0.2) is 12.1 Å². The Morgan fingerprint density at radius 2 is 1.72 bits per heavy atom. The molecule has 0 radical (unpaired) electrons.